The number of urea groups is 1. The number of anilines is 3. The Morgan fingerprint density at radius 1 is 0.848 bits per heavy atom. The predicted molar refractivity (Wildman–Crippen MR) is 126 cm³/mol. The molecule has 2 aromatic rings. The van der Waals surface area contributed by atoms with Crippen molar-refractivity contribution in [2.75, 3.05) is 41.7 Å². The Morgan fingerprint density at radius 3 is 2.15 bits per heavy atom. The molecule has 176 valence electrons. The monoisotopic (exact) mass is 456 g/mol. The SMILES string of the molecule is CC1CCN(c2ccc(NC(=O)Nc3ccc(F)c(F)c3)cc2C(=O)N2CCCCC2)CC1. The maximum atomic E-state index is 13.4. The number of carbonyl (C=O) groups excluding carboxylic acids is 2. The number of hydrogen-bond acceptors (Lipinski definition) is 3. The van der Waals surface area contributed by atoms with Gasteiger partial charge in [0.25, 0.3) is 5.91 Å². The van der Waals surface area contributed by atoms with Crippen LogP contribution in [0.1, 0.15) is 49.4 Å². The van der Waals surface area contributed by atoms with Crippen molar-refractivity contribution in [2.24, 2.45) is 5.92 Å². The van der Waals surface area contributed by atoms with E-state index < -0.39 is 17.7 Å². The standard InChI is InChI=1S/C25H30F2N4O2/c1-17-9-13-30(14-10-17)23-8-6-18(15-20(23)24(32)31-11-3-2-4-12-31)28-25(33)29-19-5-7-21(26)22(27)16-19/h5-8,15-17H,2-4,9-14H2,1H3,(H2,28,29,33). The molecule has 6 nitrogen and oxygen atoms in total. The molecular formula is C25H30F2N4O2. The van der Waals surface area contributed by atoms with Crippen LogP contribution >= 0.6 is 0 Å². The van der Waals surface area contributed by atoms with Crippen LogP contribution in [-0.2, 0) is 0 Å². The molecule has 2 fully saturated rings. The molecule has 2 saturated heterocycles. The van der Waals surface area contributed by atoms with E-state index in [-0.39, 0.29) is 11.6 Å². The fourth-order valence-electron chi connectivity index (χ4n) is 4.45. The minimum absolute atomic E-state index is 0.0204. The van der Waals surface area contributed by atoms with Crippen molar-refractivity contribution < 1.29 is 18.4 Å². The molecule has 33 heavy (non-hydrogen) atoms. The molecule has 0 unspecified atom stereocenters. The Hall–Kier alpha value is -3.16. The van der Waals surface area contributed by atoms with Crippen LogP contribution in [0.3, 0.4) is 0 Å². The summed E-state index contributed by atoms with van der Waals surface area (Å²) in [6.07, 6.45) is 5.28. The van der Waals surface area contributed by atoms with Gasteiger partial charge in [0.15, 0.2) is 11.6 Å². The van der Waals surface area contributed by atoms with Gasteiger partial charge in [-0.15, -0.1) is 0 Å². The molecule has 2 aromatic carbocycles. The number of nitrogens with zero attached hydrogens (tertiary/aromatic N) is 2. The van der Waals surface area contributed by atoms with Gasteiger partial charge in [-0.1, -0.05) is 6.92 Å². The lowest BCUT2D eigenvalue weighted by Gasteiger charge is -2.35. The molecule has 0 aromatic heterocycles. The molecule has 8 heteroatoms. The van der Waals surface area contributed by atoms with Crippen LogP contribution in [0.15, 0.2) is 36.4 Å². The van der Waals surface area contributed by atoms with E-state index in [1.807, 2.05) is 11.0 Å². The van der Waals surface area contributed by atoms with Crippen LogP contribution in [0.2, 0.25) is 0 Å². The van der Waals surface area contributed by atoms with Crippen molar-refractivity contribution >= 4 is 29.0 Å². The number of piperidine rings is 2. The smallest absolute Gasteiger partial charge is 0.323 e. The largest absolute Gasteiger partial charge is 0.371 e. The fourth-order valence-corrected chi connectivity index (χ4v) is 4.45. The van der Waals surface area contributed by atoms with Crippen LogP contribution in [-0.4, -0.2) is 43.0 Å². The zero-order valence-corrected chi connectivity index (χ0v) is 18.9. The maximum Gasteiger partial charge on any atom is 0.323 e. The average molecular weight is 457 g/mol. The molecule has 0 saturated carbocycles. The highest BCUT2D eigenvalue weighted by Gasteiger charge is 2.25. The van der Waals surface area contributed by atoms with E-state index in [9.17, 15) is 18.4 Å². The highest BCUT2D eigenvalue weighted by Crippen LogP contribution is 2.30. The number of carbonyl (C=O) groups is 2. The lowest BCUT2D eigenvalue weighted by molar-refractivity contribution is 0.0725. The molecule has 2 aliphatic rings. The van der Waals surface area contributed by atoms with Crippen molar-refractivity contribution in [1.82, 2.24) is 4.90 Å². The number of benzene rings is 2. The molecule has 4 rings (SSSR count). The van der Waals surface area contributed by atoms with Gasteiger partial charge in [-0.3, -0.25) is 4.79 Å². The van der Waals surface area contributed by atoms with Crippen molar-refractivity contribution in [3.8, 4) is 0 Å². The molecule has 0 bridgehead atoms. The van der Waals surface area contributed by atoms with Gasteiger partial charge < -0.3 is 20.4 Å². The van der Waals surface area contributed by atoms with E-state index in [4.69, 9.17) is 0 Å². The topological polar surface area (TPSA) is 64.7 Å². The summed E-state index contributed by atoms with van der Waals surface area (Å²) in [7, 11) is 0. The van der Waals surface area contributed by atoms with Gasteiger partial charge in [0, 0.05) is 49.3 Å². The van der Waals surface area contributed by atoms with Crippen LogP contribution < -0.4 is 15.5 Å². The van der Waals surface area contributed by atoms with E-state index in [1.54, 1.807) is 12.1 Å². The molecule has 0 atom stereocenters. The first kappa shape index (κ1) is 23.0. The number of rotatable bonds is 4. The van der Waals surface area contributed by atoms with Crippen molar-refractivity contribution in [2.45, 2.75) is 39.0 Å². The molecule has 2 heterocycles. The Bertz CT molecular complexity index is 1020. The molecule has 2 aliphatic heterocycles. The van der Waals surface area contributed by atoms with Gasteiger partial charge in [-0.25, -0.2) is 13.6 Å². The summed E-state index contributed by atoms with van der Waals surface area (Å²) in [5, 5.41) is 5.20. The van der Waals surface area contributed by atoms with Crippen LogP contribution in [0.25, 0.3) is 0 Å². The van der Waals surface area contributed by atoms with Crippen LogP contribution in [0, 0.1) is 17.6 Å². The Balaban J connectivity index is 1.54. The first-order valence-corrected chi connectivity index (χ1v) is 11.6. The number of likely N-dealkylation sites (tertiary alicyclic amines) is 1. The van der Waals surface area contributed by atoms with Crippen LogP contribution in [0.4, 0.5) is 30.6 Å². The van der Waals surface area contributed by atoms with E-state index in [0.717, 1.165) is 76.1 Å². The van der Waals surface area contributed by atoms with Gasteiger partial charge >= 0.3 is 6.03 Å². The molecular weight excluding hydrogens is 426 g/mol. The highest BCUT2D eigenvalue weighted by molar-refractivity contribution is 6.04. The third-order valence-electron chi connectivity index (χ3n) is 6.43. The van der Waals surface area contributed by atoms with Gasteiger partial charge in [0.2, 0.25) is 0 Å². The van der Waals surface area contributed by atoms with E-state index in [1.165, 1.54) is 6.07 Å². The maximum absolute atomic E-state index is 13.4. The zero-order valence-electron chi connectivity index (χ0n) is 18.9. The second-order valence-corrected chi connectivity index (χ2v) is 8.96. The number of amides is 3. The Morgan fingerprint density at radius 2 is 1.48 bits per heavy atom. The third-order valence-corrected chi connectivity index (χ3v) is 6.43. The average Bonchev–Trinajstić information content (AvgIpc) is 2.82. The lowest BCUT2D eigenvalue weighted by atomic mass is 9.97. The normalized spacial score (nSPS) is 17.1. The minimum atomic E-state index is -1.04. The van der Waals surface area contributed by atoms with E-state index >= 15 is 0 Å². The predicted octanol–water partition coefficient (Wildman–Crippen LogP) is 5.47. The van der Waals surface area contributed by atoms with Gasteiger partial charge in [0.1, 0.15) is 0 Å². The van der Waals surface area contributed by atoms with E-state index in [2.05, 4.69) is 22.5 Å². The summed E-state index contributed by atoms with van der Waals surface area (Å²) in [6, 6.07) is 7.93. The van der Waals surface area contributed by atoms with Crippen molar-refractivity contribution in [1.29, 1.82) is 0 Å². The second-order valence-electron chi connectivity index (χ2n) is 8.96. The Labute approximate surface area is 192 Å². The fraction of sp³-hybridized carbons (Fsp3) is 0.440. The minimum Gasteiger partial charge on any atom is -0.371 e. The van der Waals surface area contributed by atoms with Crippen molar-refractivity contribution in [3.63, 3.8) is 0 Å². The first-order valence-electron chi connectivity index (χ1n) is 11.6. The Kier molecular flexibility index (Phi) is 7.11. The summed E-state index contributed by atoms with van der Waals surface area (Å²) < 4.78 is 26.6. The number of nitrogens with one attached hydrogen (secondary N) is 2. The summed E-state index contributed by atoms with van der Waals surface area (Å²) in [4.78, 5) is 30.0. The van der Waals surface area contributed by atoms with Crippen LogP contribution in [0.5, 0.6) is 0 Å². The number of halogens is 2. The van der Waals surface area contributed by atoms with Gasteiger partial charge in [-0.2, -0.15) is 0 Å². The summed E-state index contributed by atoms with van der Waals surface area (Å²) in [6.45, 7) is 5.51. The molecule has 0 radical (unpaired) electrons. The highest BCUT2D eigenvalue weighted by atomic mass is 19.2. The van der Waals surface area contributed by atoms with E-state index in [0.29, 0.717) is 17.2 Å². The molecule has 0 aliphatic carbocycles. The van der Waals surface area contributed by atoms with Crippen molar-refractivity contribution in [3.05, 3.63) is 53.6 Å². The van der Waals surface area contributed by atoms with Gasteiger partial charge in [0.05, 0.1) is 5.56 Å². The quantitative estimate of drug-likeness (QED) is 0.641. The molecule has 2 N–H and O–H groups in total. The molecule has 0 spiro atoms. The lowest BCUT2D eigenvalue weighted by Crippen LogP contribution is -2.38. The first-order chi connectivity index (χ1) is 15.9. The zero-order chi connectivity index (χ0) is 23.4. The summed E-state index contributed by atoms with van der Waals surface area (Å²) >= 11 is 0. The third kappa shape index (κ3) is 5.61. The summed E-state index contributed by atoms with van der Waals surface area (Å²) in [5.41, 5.74) is 2.07. The second kappa shape index (κ2) is 10.2. The summed E-state index contributed by atoms with van der Waals surface area (Å²) in [5.74, 6) is -1.37. The number of hydrogen-bond donors (Lipinski definition) is 2. The van der Waals surface area contributed by atoms with Gasteiger partial charge in [-0.05, 0) is 68.4 Å². The molecule has 3 amide bonds.